The average Bonchev–Trinajstić information content (AvgIpc) is 3.28. The molecule has 5 nitrogen and oxygen atoms in total. The second-order valence-corrected chi connectivity index (χ2v) is 7.79. The summed E-state index contributed by atoms with van der Waals surface area (Å²) < 4.78 is 13.5. The largest absolute Gasteiger partial charge is 0.352 e. The fraction of sp³-hybridized carbons (Fsp3) is 0.167. The van der Waals surface area contributed by atoms with Gasteiger partial charge in [-0.25, -0.2) is 4.39 Å². The molecule has 2 N–H and O–H groups in total. The van der Waals surface area contributed by atoms with Crippen molar-refractivity contribution in [1.82, 2.24) is 20.5 Å². The lowest BCUT2D eigenvalue weighted by molar-refractivity contribution is -0.119. The number of hydrogen-bond acceptors (Lipinski definition) is 5. The maximum atomic E-state index is 13.5. The Labute approximate surface area is 157 Å². The van der Waals surface area contributed by atoms with Gasteiger partial charge in [0.25, 0.3) is 0 Å². The third-order valence-corrected chi connectivity index (χ3v) is 6.06. The summed E-state index contributed by atoms with van der Waals surface area (Å²) in [5.41, 5.74) is 1.58. The summed E-state index contributed by atoms with van der Waals surface area (Å²) in [4.78, 5) is 16.6. The summed E-state index contributed by atoms with van der Waals surface area (Å²) in [5, 5.41) is 15.3. The average molecular weight is 386 g/mol. The van der Waals surface area contributed by atoms with Gasteiger partial charge in [0.05, 0.1) is 23.5 Å². The molecule has 8 heteroatoms. The normalized spacial score (nSPS) is 12.5. The van der Waals surface area contributed by atoms with Crippen LogP contribution in [0.4, 0.5) is 4.39 Å². The van der Waals surface area contributed by atoms with Gasteiger partial charge in [0, 0.05) is 21.2 Å². The molecule has 0 radical (unpaired) electrons. The van der Waals surface area contributed by atoms with Crippen LogP contribution >= 0.6 is 23.1 Å². The van der Waals surface area contributed by atoms with Crippen molar-refractivity contribution < 1.29 is 9.18 Å². The molecule has 3 heterocycles. The highest BCUT2D eigenvalue weighted by Crippen LogP contribution is 2.30. The van der Waals surface area contributed by atoms with Crippen LogP contribution in [0.15, 0.2) is 46.9 Å². The number of thioether (sulfide) groups is 1. The Morgan fingerprint density at radius 1 is 1.38 bits per heavy atom. The number of carbonyl (C=O) groups excluding carboxylic acids is 1. The Morgan fingerprint density at radius 2 is 2.27 bits per heavy atom. The van der Waals surface area contributed by atoms with Gasteiger partial charge in [-0.2, -0.15) is 5.10 Å². The highest BCUT2D eigenvalue weighted by atomic mass is 32.2. The van der Waals surface area contributed by atoms with E-state index < -0.39 is 0 Å². The molecule has 0 unspecified atom stereocenters. The Morgan fingerprint density at radius 3 is 3.08 bits per heavy atom. The minimum Gasteiger partial charge on any atom is -0.352 e. The van der Waals surface area contributed by atoms with Crippen molar-refractivity contribution in [3.8, 4) is 0 Å². The summed E-state index contributed by atoms with van der Waals surface area (Å²) in [7, 11) is 0. The zero-order chi connectivity index (χ0) is 18.1. The molecule has 4 rings (SSSR count). The molecule has 0 spiro atoms. The van der Waals surface area contributed by atoms with E-state index in [9.17, 15) is 9.18 Å². The summed E-state index contributed by atoms with van der Waals surface area (Å²) in [6, 6.07) is 8.50. The zero-order valence-corrected chi connectivity index (χ0v) is 15.5. The fourth-order valence-electron chi connectivity index (χ4n) is 2.80. The van der Waals surface area contributed by atoms with Gasteiger partial charge in [-0.05, 0) is 36.6 Å². The third kappa shape index (κ3) is 3.30. The molecule has 4 aromatic rings. The molecule has 1 aromatic carbocycles. The Hall–Kier alpha value is -2.45. The van der Waals surface area contributed by atoms with Gasteiger partial charge < -0.3 is 10.3 Å². The van der Waals surface area contributed by atoms with Crippen LogP contribution in [0.5, 0.6) is 0 Å². The molecule has 0 saturated heterocycles. The number of halogens is 1. The molecule has 3 aromatic heterocycles. The predicted octanol–water partition coefficient (Wildman–Crippen LogP) is 4.28. The number of nitrogens with one attached hydrogen (secondary N) is 2. The lowest BCUT2D eigenvalue weighted by Gasteiger charge is -2.11. The predicted molar refractivity (Wildman–Crippen MR) is 103 cm³/mol. The van der Waals surface area contributed by atoms with Crippen LogP contribution in [0.3, 0.4) is 0 Å². The smallest absolute Gasteiger partial charge is 0.230 e. The second-order valence-electron chi connectivity index (χ2n) is 5.85. The molecule has 0 bridgehead atoms. The first-order valence-electron chi connectivity index (χ1n) is 8.00. The zero-order valence-electron chi connectivity index (χ0n) is 13.8. The van der Waals surface area contributed by atoms with E-state index in [0.29, 0.717) is 5.03 Å². The first-order chi connectivity index (χ1) is 12.6. The van der Waals surface area contributed by atoms with Crippen molar-refractivity contribution in [2.24, 2.45) is 0 Å². The van der Waals surface area contributed by atoms with Gasteiger partial charge in [0.15, 0.2) is 0 Å². The summed E-state index contributed by atoms with van der Waals surface area (Å²) in [6.45, 7) is 1.96. The number of carbonyl (C=O) groups is 1. The van der Waals surface area contributed by atoms with Crippen molar-refractivity contribution in [1.29, 1.82) is 0 Å². The maximum Gasteiger partial charge on any atom is 0.230 e. The van der Waals surface area contributed by atoms with Crippen LogP contribution in [-0.2, 0) is 4.79 Å². The molecule has 132 valence electrons. The number of aromatic amines is 1. The monoisotopic (exact) mass is 386 g/mol. The molecule has 0 fully saturated rings. The van der Waals surface area contributed by atoms with Crippen molar-refractivity contribution in [2.75, 3.05) is 5.75 Å². The van der Waals surface area contributed by atoms with Gasteiger partial charge in [0.2, 0.25) is 5.91 Å². The number of hydrogen-bond donors (Lipinski definition) is 2. The van der Waals surface area contributed by atoms with Crippen LogP contribution in [0.25, 0.3) is 21.8 Å². The Kier molecular flexibility index (Phi) is 4.60. The van der Waals surface area contributed by atoms with Gasteiger partial charge in [-0.3, -0.25) is 4.79 Å². The van der Waals surface area contributed by atoms with Crippen molar-refractivity contribution in [3.63, 3.8) is 0 Å². The van der Waals surface area contributed by atoms with E-state index >= 15 is 0 Å². The number of fused-ring (bicyclic) bond motifs is 3. The number of amides is 1. The van der Waals surface area contributed by atoms with Gasteiger partial charge in [0.1, 0.15) is 10.8 Å². The van der Waals surface area contributed by atoms with Crippen molar-refractivity contribution in [2.45, 2.75) is 18.0 Å². The molecular weight excluding hydrogens is 371 g/mol. The number of rotatable bonds is 5. The molecule has 0 aliphatic carbocycles. The number of benzene rings is 1. The third-order valence-electron chi connectivity index (χ3n) is 4.04. The molecule has 0 aliphatic heterocycles. The van der Waals surface area contributed by atoms with Crippen LogP contribution in [0, 0.1) is 5.82 Å². The van der Waals surface area contributed by atoms with Gasteiger partial charge in [-0.1, -0.05) is 17.8 Å². The number of nitrogens with zero attached hydrogens (tertiary/aromatic N) is 2. The molecular formula is C18H15FN4OS2. The maximum absolute atomic E-state index is 13.5. The molecule has 0 saturated carbocycles. The van der Waals surface area contributed by atoms with Crippen molar-refractivity contribution in [3.05, 3.63) is 52.6 Å². The van der Waals surface area contributed by atoms with Gasteiger partial charge >= 0.3 is 0 Å². The van der Waals surface area contributed by atoms with E-state index in [4.69, 9.17) is 0 Å². The highest BCUT2D eigenvalue weighted by Gasteiger charge is 2.14. The first kappa shape index (κ1) is 17.0. The molecule has 1 atom stereocenters. The lowest BCUT2D eigenvalue weighted by atomic mass is 10.2. The Bertz CT molecular complexity index is 1080. The van der Waals surface area contributed by atoms with E-state index in [-0.39, 0.29) is 23.5 Å². The molecule has 26 heavy (non-hydrogen) atoms. The lowest BCUT2D eigenvalue weighted by Crippen LogP contribution is -2.27. The summed E-state index contributed by atoms with van der Waals surface area (Å²) in [5.74, 6) is -0.143. The van der Waals surface area contributed by atoms with E-state index in [1.54, 1.807) is 23.6 Å². The minimum absolute atomic E-state index is 0.0268. The number of thiophene rings is 1. The van der Waals surface area contributed by atoms with E-state index in [2.05, 4.69) is 20.5 Å². The number of aromatic nitrogens is 3. The number of H-pyrrole nitrogens is 1. The molecule has 1 amide bonds. The van der Waals surface area contributed by atoms with E-state index in [1.165, 1.54) is 23.9 Å². The topological polar surface area (TPSA) is 70.7 Å². The van der Waals surface area contributed by atoms with Crippen LogP contribution < -0.4 is 5.32 Å². The second kappa shape index (κ2) is 7.05. The van der Waals surface area contributed by atoms with Gasteiger partial charge in [-0.15, -0.1) is 16.4 Å². The Balaban J connectivity index is 1.52. The van der Waals surface area contributed by atoms with Crippen LogP contribution in [0.1, 0.15) is 17.8 Å². The van der Waals surface area contributed by atoms with E-state index in [0.717, 1.165) is 26.7 Å². The van der Waals surface area contributed by atoms with Crippen LogP contribution in [0.2, 0.25) is 0 Å². The molecule has 0 aliphatic rings. The highest BCUT2D eigenvalue weighted by molar-refractivity contribution is 8.00. The standard InChI is InChI=1S/C18H15FN4OS2/c1-10(15-3-2-6-25-15)21-16(24)9-26-18-17-13(8-20-23-18)12-7-11(19)4-5-14(12)22-17/h2-8,10,22H,9H2,1H3,(H,21,24)/t10-/m1/s1. The SMILES string of the molecule is C[C@@H](NC(=O)CSc1nncc2c1[nH]c1ccc(F)cc12)c1cccs1. The summed E-state index contributed by atoms with van der Waals surface area (Å²) >= 11 is 2.92. The van der Waals surface area contributed by atoms with E-state index in [1.807, 2.05) is 24.4 Å². The minimum atomic E-state index is -0.300. The summed E-state index contributed by atoms with van der Waals surface area (Å²) in [6.07, 6.45) is 1.61. The van der Waals surface area contributed by atoms with Crippen molar-refractivity contribution >= 4 is 50.8 Å². The quantitative estimate of drug-likeness (QED) is 0.502. The van der Waals surface area contributed by atoms with Crippen LogP contribution in [-0.4, -0.2) is 26.8 Å². The fourth-order valence-corrected chi connectivity index (χ4v) is 4.30. The first-order valence-corrected chi connectivity index (χ1v) is 9.86.